The molecule has 0 atom stereocenters. The summed E-state index contributed by atoms with van der Waals surface area (Å²) in [6.07, 6.45) is 0. The minimum Gasteiger partial charge on any atom is -0.291 e. The van der Waals surface area contributed by atoms with Crippen molar-refractivity contribution in [1.29, 1.82) is 10.5 Å². The highest BCUT2D eigenvalue weighted by Gasteiger charge is 2.19. The molecular weight excluding hydrogens is 195 g/mol. The summed E-state index contributed by atoms with van der Waals surface area (Å²) in [6, 6.07) is 6.99. The second-order valence-electron chi connectivity index (χ2n) is 3.02. The molecule has 0 unspecified atom stereocenters. The van der Waals surface area contributed by atoms with Gasteiger partial charge in [-0.15, -0.1) is 0 Å². The second kappa shape index (κ2) is 4.34. The molecule has 0 aliphatic carbocycles. The fourth-order valence-corrected chi connectivity index (χ4v) is 1.06. The van der Waals surface area contributed by atoms with E-state index in [1.165, 1.54) is 12.1 Å². The van der Waals surface area contributed by atoms with Gasteiger partial charge in [-0.25, -0.2) is 4.39 Å². The molecular formula is C11H7FN2O. The first kappa shape index (κ1) is 10.9. The van der Waals surface area contributed by atoms with Crippen molar-refractivity contribution in [2.24, 2.45) is 5.92 Å². The van der Waals surface area contributed by atoms with Crippen LogP contribution in [0.15, 0.2) is 18.2 Å². The lowest BCUT2D eigenvalue weighted by Crippen LogP contribution is -2.11. The van der Waals surface area contributed by atoms with E-state index in [2.05, 4.69) is 0 Å². The Balaban J connectivity index is 3.09. The van der Waals surface area contributed by atoms with Crippen LogP contribution >= 0.6 is 0 Å². The number of hydrogen-bond acceptors (Lipinski definition) is 3. The Morgan fingerprint density at radius 3 is 2.47 bits per heavy atom. The largest absolute Gasteiger partial charge is 0.291 e. The summed E-state index contributed by atoms with van der Waals surface area (Å²) >= 11 is 0. The fourth-order valence-electron chi connectivity index (χ4n) is 1.06. The van der Waals surface area contributed by atoms with Gasteiger partial charge in [0, 0.05) is 5.56 Å². The zero-order valence-electron chi connectivity index (χ0n) is 7.99. The summed E-state index contributed by atoms with van der Waals surface area (Å²) in [4.78, 5) is 11.5. The number of nitriles is 2. The highest BCUT2D eigenvalue weighted by molar-refractivity contribution is 6.00. The van der Waals surface area contributed by atoms with Crippen molar-refractivity contribution in [3.05, 3.63) is 35.1 Å². The first-order valence-corrected chi connectivity index (χ1v) is 4.19. The normalized spacial score (nSPS) is 9.40. The third kappa shape index (κ3) is 2.18. The zero-order valence-corrected chi connectivity index (χ0v) is 7.99. The number of Topliss-reactive ketones (excluding diaryl/α,β-unsaturated/α-hetero) is 1. The van der Waals surface area contributed by atoms with Crippen LogP contribution < -0.4 is 0 Å². The van der Waals surface area contributed by atoms with Crippen molar-refractivity contribution in [3.63, 3.8) is 0 Å². The zero-order chi connectivity index (χ0) is 11.4. The van der Waals surface area contributed by atoms with Crippen molar-refractivity contribution >= 4 is 5.78 Å². The molecule has 4 heteroatoms. The Labute approximate surface area is 86.4 Å². The van der Waals surface area contributed by atoms with Crippen LogP contribution in [0.3, 0.4) is 0 Å². The predicted octanol–water partition coefficient (Wildman–Crippen LogP) is 1.98. The van der Waals surface area contributed by atoms with E-state index in [9.17, 15) is 9.18 Å². The molecule has 0 saturated heterocycles. The number of ketones is 1. The fraction of sp³-hybridized carbons (Fsp3) is 0.182. The van der Waals surface area contributed by atoms with Gasteiger partial charge in [-0.3, -0.25) is 4.79 Å². The molecule has 0 fully saturated rings. The molecule has 0 N–H and O–H groups in total. The van der Waals surface area contributed by atoms with Gasteiger partial charge in [0.25, 0.3) is 0 Å². The van der Waals surface area contributed by atoms with Crippen LogP contribution in [0, 0.1) is 41.3 Å². The van der Waals surface area contributed by atoms with Gasteiger partial charge in [0.1, 0.15) is 5.82 Å². The van der Waals surface area contributed by atoms with Gasteiger partial charge in [-0.2, -0.15) is 10.5 Å². The lowest BCUT2D eigenvalue weighted by molar-refractivity contribution is 0.0970. The molecule has 0 bridgehead atoms. The van der Waals surface area contributed by atoms with Crippen LogP contribution in [0.2, 0.25) is 0 Å². The summed E-state index contributed by atoms with van der Waals surface area (Å²) in [5, 5.41) is 17.0. The summed E-state index contributed by atoms with van der Waals surface area (Å²) in [7, 11) is 0. The molecule has 15 heavy (non-hydrogen) atoms. The average Bonchev–Trinajstić information content (AvgIpc) is 2.23. The number of hydrogen-bond donors (Lipinski definition) is 0. The number of halogens is 1. The molecule has 0 amide bonds. The molecule has 1 rings (SSSR count). The third-order valence-electron chi connectivity index (χ3n) is 1.98. The van der Waals surface area contributed by atoms with Crippen LogP contribution in [-0.2, 0) is 0 Å². The minimum atomic E-state index is -1.37. The molecule has 0 heterocycles. The molecule has 0 saturated carbocycles. The highest BCUT2D eigenvalue weighted by atomic mass is 19.1. The molecule has 1 aromatic carbocycles. The summed E-state index contributed by atoms with van der Waals surface area (Å²) < 4.78 is 13.1. The van der Waals surface area contributed by atoms with Crippen LogP contribution in [0.4, 0.5) is 4.39 Å². The number of nitrogens with zero attached hydrogens (tertiary/aromatic N) is 2. The Hall–Kier alpha value is -2.20. The van der Waals surface area contributed by atoms with Gasteiger partial charge in [0.2, 0.25) is 0 Å². The first-order chi connectivity index (χ1) is 7.10. The van der Waals surface area contributed by atoms with Crippen molar-refractivity contribution in [2.45, 2.75) is 6.92 Å². The van der Waals surface area contributed by atoms with E-state index in [0.717, 1.165) is 6.07 Å². The van der Waals surface area contributed by atoms with Crippen molar-refractivity contribution < 1.29 is 9.18 Å². The van der Waals surface area contributed by atoms with Gasteiger partial charge in [0.15, 0.2) is 11.7 Å². The van der Waals surface area contributed by atoms with Crippen LogP contribution in [0.1, 0.15) is 15.9 Å². The van der Waals surface area contributed by atoms with E-state index in [0.29, 0.717) is 5.56 Å². The van der Waals surface area contributed by atoms with Gasteiger partial charge in [-0.1, -0.05) is 12.1 Å². The van der Waals surface area contributed by atoms with E-state index < -0.39 is 17.5 Å². The van der Waals surface area contributed by atoms with Crippen molar-refractivity contribution in [3.8, 4) is 12.1 Å². The van der Waals surface area contributed by atoms with E-state index >= 15 is 0 Å². The molecule has 74 valence electrons. The van der Waals surface area contributed by atoms with Crippen LogP contribution in [-0.4, -0.2) is 5.78 Å². The van der Waals surface area contributed by atoms with E-state index in [1.807, 2.05) is 0 Å². The van der Waals surface area contributed by atoms with Crippen molar-refractivity contribution in [1.82, 2.24) is 0 Å². The third-order valence-corrected chi connectivity index (χ3v) is 1.98. The molecule has 0 aliphatic heterocycles. The SMILES string of the molecule is Cc1ccc(C(=O)C(C#N)C#N)cc1F. The lowest BCUT2D eigenvalue weighted by atomic mass is 9.99. The Bertz CT molecular complexity index is 468. The smallest absolute Gasteiger partial charge is 0.195 e. The minimum absolute atomic E-state index is 0.0474. The van der Waals surface area contributed by atoms with Crippen LogP contribution in [0.5, 0.6) is 0 Å². The first-order valence-electron chi connectivity index (χ1n) is 4.19. The summed E-state index contributed by atoms with van der Waals surface area (Å²) in [5.41, 5.74) is 0.461. The topological polar surface area (TPSA) is 64.7 Å². The maximum Gasteiger partial charge on any atom is 0.195 e. The second-order valence-corrected chi connectivity index (χ2v) is 3.02. The molecule has 1 aromatic rings. The maximum atomic E-state index is 13.1. The molecule has 0 aromatic heterocycles. The van der Waals surface area contributed by atoms with E-state index in [4.69, 9.17) is 10.5 Å². The number of benzene rings is 1. The maximum absolute atomic E-state index is 13.1. The van der Waals surface area contributed by atoms with Gasteiger partial charge < -0.3 is 0 Å². The Morgan fingerprint density at radius 2 is 2.00 bits per heavy atom. The predicted molar refractivity (Wildman–Crippen MR) is 50.2 cm³/mol. The Morgan fingerprint density at radius 1 is 1.40 bits per heavy atom. The van der Waals surface area contributed by atoms with Crippen LogP contribution in [0.25, 0.3) is 0 Å². The van der Waals surface area contributed by atoms with Gasteiger partial charge >= 0.3 is 0 Å². The standard InChI is InChI=1S/C11H7FN2O/c1-7-2-3-8(4-10(7)12)11(15)9(5-13)6-14/h2-4,9H,1H3. The summed E-state index contributed by atoms with van der Waals surface area (Å²) in [5.74, 6) is -2.55. The van der Waals surface area contributed by atoms with E-state index in [1.54, 1.807) is 19.1 Å². The quantitative estimate of drug-likeness (QED) is 0.688. The van der Waals surface area contributed by atoms with Gasteiger partial charge in [-0.05, 0) is 18.6 Å². The molecule has 0 radical (unpaired) electrons. The number of aryl methyl sites for hydroxylation is 1. The Kier molecular flexibility index (Phi) is 3.15. The molecule has 0 aliphatic rings. The monoisotopic (exact) mass is 202 g/mol. The number of carbonyl (C=O) groups is 1. The number of rotatable bonds is 2. The lowest BCUT2D eigenvalue weighted by Gasteiger charge is -2.02. The number of carbonyl (C=O) groups excluding carboxylic acids is 1. The summed E-state index contributed by atoms with van der Waals surface area (Å²) in [6.45, 7) is 1.57. The average molecular weight is 202 g/mol. The van der Waals surface area contributed by atoms with Crippen molar-refractivity contribution in [2.75, 3.05) is 0 Å². The van der Waals surface area contributed by atoms with Gasteiger partial charge in [0.05, 0.1) is 12.1 Å². The molecule has 0 spiro atoms. The molecule has 3 nitrogen and oxygen atoms in total. The highest BCUT2D eigenvalue weighted by Crippen LogP contribution is 2.13. The van der Waals surface area contributed by atoms with E-state index in [-0.39, 0.29) is 5.56 Å².